The Morgan fingerprint density at radius 1 is 1.19 bits per heavy atom. The van der Waals surface area contributed by atoms with Crippen LogP contribution in [-0.2, 0) is 12.1 Å². The summed E-state index contributed by atoms with van der Waals surface area (Å²) in [5, 5.41) is 29.4. The molecule has 12 heteroatoms. The molecule has 0 atom stereocenters. The molecule has 0 fully saturated rings. The molecule has 182 valence electrons. The van der Waals surface area contributed by atoms with Crippen molar-refractivity contribution in [2.45, 2.75) is 32.9 Å². The van der Waals surface area contributed by atoms with Crippen LogP contribution in [0, 0.1) is 27.3 Å². The maximum Gasteiger partial charge on any atom is 0.310 e. The van der Waals surface area contributed by atoms with Crippen molar-refractivity contribution in [1.82, 2.24) is 24.7 Å². The standard InChI is InChI=1S/C24H21FN8O3/c1-24(2,3)32-23(30-21-13-27-8-9-28-21)18(11-26)22(31-32)15-4-7-19(33(34)35)20(10-15)36-14-17-6-5-16(25)12-29-17/h4-10,12-13H,14H2,1-3H3,(H,28,30). The number of aromatic nitrogens is 5. The minimum absolute atomic E-state index is 0.0405. The van der Waals surface area contributed by atoms with Crippen molar-refractivity contribution in [3.63, 3.8) is 0 Å². The normalized spacial score (nSPS) is 11.1. The van der Waals surface area contributed by atoms with Gasteiger partial charge < -0.3 is 10.1 Å². The maximum atomic E-state index is 13.1. The van der Waals surface area contributed by atoms with Gasteiger partial charge in [-0.15, -0.1) is 0 Å². The highest BCUT2D eigenvalue weighted by Crippen LogP contribution is 2.37. The lowest BCUT2D eigenvalue weighted by molar-refractivity contribution is -0.385. The second kappa shape index (κ2) is 9.75. The van der Waals surface area contributed by atoms with Crippen LogP contribution in [0.25, 0.3) is 11.3 Å². The van der Waals surface area contributed by atoms with Gasteiger partial charge in [-0.2, -0.15) is 10.4 Å². The monoisotopic (exact) mass is 488 g/mol. The molecule has 4 rings (SSSR count). The third kappa shape index (κ3) is 5.10. The lowest BCUT2D eigenvalue weighted by Crippen LogP contribution is -2.24. The van der Waals surface area contributed by atoms with Crippen LogP contribution in [0.3, 0.4) is 0 Å². The number of nitrogens with zero attached hydrogens (tertiary/aromatic N) is 7. The molecule has 4 aromatic rings. The number of nitrogens with one attached hydrogen (secondary N) is 1. The van der Waals surface area contributed by atoms with E-state index >= 15 is 0 Å². The summed E-state index contributed by atoms with van der Waals surface area (Å²) in [5.74, 6) is 0.277. The number of nitriles is 1. The molecule has 0 aliphatic heterocycles. The predicted molar refractivity (Wildman–Crippen MR) is 128 cm³/mol. The summed E-state index contributed by atoms with van der Waals surface area (Å²) in [6.45, 7) is 5.65. The molecule has 3 heterocycles. The Morgan fingerprint density at radius 3 is 2.61 bits per heavy atom. The summed E-state index contributed by atoms with van der Waals surface area (Å²) in [6, 6.07) is 9.07. The number of pyridine rings is 1. The fourth-order valence-corrected chi connectivity index (χ4v) is 3.38. The van der Waals surface area contributed by atoms with Crippen LogP contribution < -0.4 is 10.1 Å². The molecule has 11 nitrogen and oxygen atoms in total. The average Bonchev–Trinajstić information content (AvgIpc) is 3.22. The highest BCUT2D eigenvalue weighted by Gasteiger charge is 2.28. The fraction of sp³-hybridized carbons (Fsp3) is 0.208. The molecule has 0 radical (unpaired) electrons. The zero-order valence-electron chi connectivity index (χ0n) is 19.6. The zero-order valence-corrected chi connectivity index (χ0v) is 19.6. The van der Waals surface area contributed by atoms with Crippen molar-refractivity contribution in [2.24, 2.45) is 0 Å². The third-order valence-corrected chi connectivity index (χ3v) is 5.04. The summed E-state index contributed by atoms with van der Waals surface area (Å²) in [5.41, 5.74) is 0.551. The van der Waals surface area contributed by atoms with Crippen molar-refractivity contribution in [2.75, 3.05) is 5.32 Å². The van der Waals surface area contributed by atoms with Gasteiger partial charge in [-0.3, -0.25) is 20.1 Å². The first-order valence-corrected chi connectivity index (χ1v) is 10.8. The third-order valence-electron chi connectivity index (χ3n) is 5.04. The number of benzene rings is 1. The Balaban J connectivity index is 1.78. The van der Waals surface area contributed by atoms with Crippen LogP contribution in [0.15, 0.2) is 55.1 Å². The van der Waals surface area contributed by atoms with Crippen LogP contribution in [0.1, 0.15) is 32.0 Å². The van der Waals surface area contributed by atoms with E-state index < -0.39 is 16.3 Å². The van der Waals surface area contributed by atoms with Gasteiger partial charge in [0.2, 0.25) is 0 Å². The van der Waals surface area contributed by atoms with Crippen LogP contribution >= 0.6 is 0 Å². The van der Waals surface area contributed by atoms with E-state index in [1.807, 2.05) is 20.8 Å². The molecule has 0 bridgehead atoms. The van der Waals surface area contributed by atoms with Crippen molar-refractivity contribution in [3.8, 4) is 23.1 Å². The SMILES string of the molecule is CC(C)(C)n1nc(-c2ccc([N+](=O)[O-])c(OCc3ccc(F)cn3)c2)c(C#N)c1Nc1cnccn1. The Bertz CT molecular complexity index is 1440. The first kappa shape index (κ1) is 24.2. The average molecular weight is 488 g/mol. The summed E-state index contributed by atoms with van der Waals surface area (Å²) in [4.78, 5) is 23.2. The van der Waals surface area contributed by atoms with E-state index in [1.54, 1.807) is 4.68 Å². The number of nitro groups is 1. The number of halogens is 1. The first-order valence-electron chi connectivity index (χ1n) is 10.8. The summed E-state index contributed by atoms with van der Waals surface area (Å²) >= 11 is 0. The van der Waals surface area contributed by atoms with Gasteiger partial charge in [0.25, 0.3) is 0 Å². The minimum atomic E-state index is -0.572. The number of hydrogen-bond donors (Lipinski definition) is 1. The first-order chi connectivity index (χ1) is 17.2. The van der Waals surface area contributed by atoms with E-state index in [-0.39, 0.29) is 23.6 Å². The quantitative estimate of drug-likeness (QED) is 0.288. The van der Waals surface area contributed by atoms with Gasteiger partial charge in [0.1, 0.15) is 41.4 Å². The van der Waals surface area contributed by atoms with Crippen molar-refractivity contribution in [1.29, 1.82) is 5.26 Å². The lowest BCUT2D eigenvalue weighted by atomic mass is 10.1. The molecule has 3 aromatic heterocycles. The second-order valence-electron chi connectivity index (χ2n) is 8.68. The van der Waals surface area contributed by atoms with Crippen molar-refractivity contribution in [3.05, 3.63) is 82.3 Å². The number of ether oxygens (including phenoxy) is 1. The van der Waals surface area contributed by atoms with Crippen LogP contribution in [-0.4, -0.2) is 29.7 Å². The second-order valence-corrected chi connectivity index (χ2v) is 8.68. The van der Waals surface area contributed by atoms with E-state index in [1.165, 1.54) is 48.9 Å². The molecule has 0 aliphatic rings. The smallest absolute Gasteiger partial charge is 0.310 e. The van der Waals surface area contributed by atoms with Crippen LogP contribution in [0.5, 0.6) is 5.75 Å². The molecular weight excluding hydrogens is 467 g/mol. The van der Waals surface area contributed by atoms with E-state index in [2.05, 4.69) is 31.4 Å². The molecule has 0 saturated heterocycles. The maximum absolute atomic E-state index is 13.1. The Morgan fingerprint density at radius 2 is 2.00 bits per heavy atom. The van der Waals surface area contributed by atoms with Gasteiger partial charge in [0.15, 0.2) is 5.75 Å². The van der Waals surface area contributed by atoms with E-state index in [9.17, 15) is 19.8 Å². The van der Waals surface area contributed by atoms with E-state index in [4.69, 9.17) is 4.74 Å². The minimum Gasteiger partial charge on any atom is -0.480 e. The van der Waals surface area contributed by atoms with Gasteiger partial charge in [-0.1, -0.05) is 0 Å². The van der Waals surface area contributed by atoms with Gasteiger partial charge in [-0.05, 0) is 45.0 Å². The Labute approximate surface area is 205 Å². The highest BCUT2D eigenvalue weighted by atomic mass is 19.1. The van der Waals surface area contributed by atoms with E-state index in [0.717, 1.165) is 6.20 Å². The molecular formula is C24H21FN8O3. The number of anilines is 2. The van der Waals surface area contributed by atoms with Gasteiger partial charge in [0.05, 0.1) is 28.5 Å². The number of hydrogen-bond acceptors (Lipinski definition) is 9. The van der Waals surface area contributed by atoms with Crippen molar-refractivity contribution < 1.29 is 14.1 Å². The topological polar surface area (TPSA) is 145 Å². The van der Waals surface area contributed by atoms with Gasteiger partial charge in [-0.25, -0.2) is 14.1 Å². The molecule has 0 aliphatic carbocycles. The summed E-state index contributed by atoms with van der Waals surface area (Å²) in [7, 11) is 0. The predicted octanol–water partition coefficient (Wildman–Crippen LogP) is 4.73. The van der Waals surface area contributed by atoms with Crippen molar-refractivity contribution >= 4 is 17.3 Å². The lowest BCUT2D eigenvalue weighted by Gasteiger charge is -2.22. The molecule has 36 heavy (non-hydrogen) atoms. The number of nitro benzene ring substituents is 1. The Kier molecular flexibility index (Phi) is 6.56. The highest BCUT2D eigenvalue weighted by molar-refractivity contribution is 5.77. The number of rotatable bonds is 7. The fourth-order valence-electron chi connectivity index (χ4n) is 3.38. The summed E-state index contributed by atoms with van der Waals surface area (Å²) < 4.78 is 20.5. The largest absolute Gasteiger partial charge is 0.480 e. The van der Waals surface area contributed by atoms with Gasteiger partial charge >= 0.3 is 5.69 Å². The van der Waals surface area contributed by atoms with Crippen LogP contribution in [0.4, 0.5) is 21.7 Å². The molecule has 1 N–H and O–H groups in total. The van der Waals surface area contributed by atoms with Crippen LogP contribution in [0.2, 0.25) is 0 Å². The molecule has 0 spiro atoms. The molecule has 1 aromatic carbocycles. The Hall–Kier alpha value is -4.92. The molecule has 0 unspecified atom stereocenters. The summed E-state index contributed by atoms with van der Waals surface area (Å²) in [6.07, 6.45) is 5.60. The molecule has 0 amide bonds. The van der Waals surface area contributed by atoms with E-state index in [0.29, 0.717) is 28.6 Å². The zero-order chi connectivity index (χ0) is 25.9. The molecule has 0 saturated carbocycles. The van der Waals surface area contributed by atoms with Gasteiger partial charge in [0, 0.05) is 24.0 Å².